The molecule has 2 aromatic carbocycles. The summed E-state index contributed by atoms with van der Waals surface area (Å²) in [6.07, 6.45) is 7.73. The van der Waals surface area contributed by atoms with E-state index in [1.807, 2.05) is 0 Å². The van der Waals surface area contributed by atoms with Crippen molar-refractivity contribution in [2.24, 2.45) is 0 Å². The molecule has 1 unspecified atom stereocenters. The molecule has 0 aliphatic carbocycles. The van der Waals surface area contributed by atoms with Gasteiger partial charge in [0.2, 0.25) is 0 Å². The van der Waals surface area contributed by atoms with Gasteiger partial charge in [-0.25, -0.2) is 4.79 Å². The lowest BCUT2D eigenvalue weighted by Crippen LogP contribution is -2.39. The summed E-state index contributed by atoms with van der Waals surface area (Å²) in [7, 11) is 0. The average molecular weight is 577 g/mol. The number of rotatable bonds is 17. The molecule has 2 N–H and O–H groups in total. The predicted octanol–water partition coefficient (Wildman–Crippen LogP) is 7.92. The maximum Gasteiger partial charge on any atom is 0.416 e. The van der Waals surface area contributed by atoms with Gasteiger partial charge >= 0.3 is 18.1 Å². The summed E-state index contributed by atoms with van der Waals surface area (Å²) in [5.41, 5.74) is 0.308. The normalized spacial score (nSPS) is 12.1. The molecule has 41 heavy (non-hydrogen) atoms. The van der Waals surface area contributed by atoms with Gasteiger partial charge in [0.05, 0.1) is 11.6 Å². The number of alkyl halides is 3. The Morgan fingerprint density at radius 2 is 1.44 bits per heavy atom. The Bertz CT molecular complexity index is 1100. The lowest BCUT2D eigenvalue weighted by Gasteiger charge is -2.31. The Hall–Kier alpha value is -3.36. The highest BCUT2D eigenvalue weighted by atomic mass is 19.4. The minimum atomic E-state index is -4.57. The van der Waals surface area contributed by atoms with Gasteiger partial charge in [-0.2, -0.15) is 13.2 Å². The first-order chi connectivity index (χ1) is 19.6. The molecule has 0 saturated heterocycles. The number of nitrogens with zero attached hydrogens (tertiary/aromatic N) is 1. The highest BCUT2D eigenvalue weighted by Gasteiger charge is 2.33. The number of halogens is 3. The number of aliphatic carboxylic acids is 1. The molecule has 0 radical (unpaired) electrons. The fourth-order valence-electron chi connectivity index (χ4n) is 4.88. The molecule has 226 valence electrons. The van der Waals surface area contributed by atoms with Crippen LogP contribution in [-0.2, 0) is 22.3 Å². The summed E-state index contributed by atoms with van der Waals surface area (Å²) in [5.74, 6) is -3.13. The van der Waals surface area contributed by atoms with Crippen molar-refractivity contribution in [3.63, 3.8) is 0 Å². The maximum absolute atomic E-state index is 13.3. The number of carbonyl (C=O) groups is 3. The number of carbonyl (C=O) groups excluding carboxylic acids is 2. The zero-order valence-electron chi connectivity index (χ0n) is 24.1. The van der Waals surface area contributed by atoms with Crippen molar-refractivity contribution in [1.29, 1.82) is 0 Å². The van der Waals surface area contributed by atoms with E-state index in [9.17, 15) is 32.7 Å². The molecule has 2 aromatic rings. The Morgan fingerprint density at radius 1 is 0.854 bits per heavy atom. The van der Waals surface area contributed by atoms with E-state index in [0.717, 1.165) is 36.3 Å². The number of carboxylic acids is 1. The van der Waals surface area contributed by atoms with E-state index in [4.69, 9.17) is 0 Å². The number of carboxylic acid groups (broad SMARTS) is 1. The molecule has 0 aliphatic heterocycles. The second-order valence-electron chi connectivity index (χ2n) is 10.4. The van der Waals surface area contributed by atoms with Gasteiger partial charge in [-0.05, 0) is 48.2 Å². The summed E-state index contributed by atoms with van der Waals surface area (Å²) < 4.78 is 39.8. The van der Waals surface area contributed by atoms with Crippen LogP contribution in [0.2, 0.25) is 0 Å². The van der Waals surface area contributed by atoms with Crippen molar-refractivity contribution in [3.8, 4) is 0 Å². The minimum absolute atomic E-state index is 0.139. The van der Waals surface area contributed by atoms with Crippen molar-refractivity contribution in [2.75, 3.05) is 6.54 Å². The second kappa shape index (κ2) is 17.5. The SMILES string of the molecule is CCCCCCCCCCCCNC(=O)c1ccc(CN(C(=O)C(=O)O)C(CC)c2cccc(C(F)(F)F)c2)cc1. The van der Waals surface area contributed by atoms with Crippen LogP contribution < -0.4 is 5.32 Å². The van der Waals surface area contributed by atoms with E-state index in [1.165, 1.54) is 57.1 Å². The van der Waals surface area contributed by atoms with E-state index in [1.54, 1.807) is 31.2 Å². The molecule has 2 rings (SSSR count). The number of nitrogens with one attached hydrogen (secondary N) is 1. The van der Waals surface area contributed by atoms with Crippen LogP contribution in [0.4, 0.5) is 13.2 Å². The van der Waals surface area contributed by atoms with Crippen LogP contribution in [0.5, 0.6) is 0 Å². The quantitative estimate of drug-likeness (QED) is 0.148. The molecule has 9 heteroatoms. The third kappa shape index (κ3) is 11.6. The Labute approximate surface area is 241 Å². The monoisotopic (exact) mass is 576 g/mol. The van der Waals surface area contributed by atoms with Crippen molar-refractivity contribution in [3.05, 3.63) is 70.8 Å². The van der Waals surface area contributed by atoms with Crippen LogP contribution in [0, 0.1) is 0 Å². The summed E-state index contributed by atoms with van der Waals surface area (Å²) in [6.45, 7) is 4.33. The van der Waals surface area contributed by atoms with E-state index in [-0.39, 0.29) is 24.4 Å². The summed E-state index contributed by atoms with van der Waals surface area (Å²) in [6, 6.07) is 10.1. The van der Waals surface area contributed by atoms with Crippen molar-refractivity contribution in [1.82, 2.24) is 10.2 Å². The first kappa shape index (κ1) is 33.8. The lowest BCUT2D eigenvalue weighted by atomic mass is 9.99. The van der Waals surface area contributed by atoms with Gasteiger partial charge in [-0.1, -0.05) is 95.9 Å². The molecule has 0 heterocycles. The van der Waals surface area contributed by atoms with Crippen LogP contribution in [0.1, 0.15) is 118 Å². The smallest absolute Gasteiger partial charge is 0.416 e. The first-order valence-electron chi connectivity index (χ1n) is 14.7. The average Bonchev–Trinajstić information content (AvgIpc) is 2.95. The van der Waals surface area contributed by atoms with Crippen LogP contribution >= 0.6 is 0 Å². The topological polar surface area (TPSA) is 86.7 Å². The van der Waals surface area contributed by atoms with Crippen LogP contribution in [0.15, 0.2) is 48.5 Å². The number of benzene rings is 2. The highest BCUT2D eigenvalue weighted by Crippen LogP contribution is 2.33. The molecule has 0 aromatic heterocycles. The van der Waals surface area contributed by atoms with Gasteiger partial charge in [0, 0.05) is 18.7 Å². The predicted molar refractivity (Wildman–Crippen MR) is 153 cm³/mol. The van der Waals surface area contributed by atoms with Crippen LogP contribution in [0.25, 0.3) is 0 Å². The van der Waals surface area contributed by atoms with Gasteiger partial charge in [-0.15, -0.1) is 0 Å². The largest absolute Gasteiger partial charge is 0.474 e. The fourth-order valence-corrected chi connectivity index (χ4v) is 4.88. The molecular weight excluding hydrogens is 533 g/mol. The minimum Gasteiger partial charge on any atom is -0.474 e. The summed E-state index contributed by atoms with van der Waals surface area (Å²) >= 11 is 0. The van der Waals surface area contributed by atoms with Crippen molar-refractivity contribution in [2.45, 2.75) is 103 Å². The lowest BCUT2D eigenvalue weighted by molar-refractivity contribution is -0.157. The number of unbranched alkanes of at least 4 members (excludes halogenated alkanes) is 9. The number of hydrogen-bond acceptors (Lipinski definition) is 3. The Morgan fingerprint density at radius 3 is 1.98 bits per heavy atom. The first-order valence-corrected chi connectivity index (χ1v) is 14.7. The van der Waals surface area contributed by atoms with Gasteiger partial charge < -0.3 is 15.3 Å². The van der Waals surface area contributed by atoms with Crippen molar-refractivity contribution >= 4 is 17.8 Å². The fraction of sp³-hybridized carbons (Fsp3) is 0.531. The van der Waals surface area contributed by atoms with E-state index in [2.05, 4.69) is 12.2 Å². The summed E-state index contributed by atoms with van der Waals surface area (Å²) in [4.78, 5) is 37.8. The number of hydrogen-bond donors (Lipinski definition) is 2. The van der Waals surface area contributed by atoms with E-state index < -0.39 is 29.7 Å². The molecule has 0 fully saturated rings. The van der Waals surface area contributed by atoms with Crippen LogP contribution in [-0.4, -0.2) is 34.3 Å². The van der Waals surface area contributed by atoms with Crippen molar-refractivity contribution < 1.29 is 32.7 Å². The zero-order chi connectivity index (χ0) is 30.3. The van der Waals surface area contributed by atoms with Gasteiger partial charge in [0.25, 0.3) is 5.91 Å². The zero-order valence-corrected chi connectivity index (χ0v) is 24.1. The Balaban J connectivity index is 1.94. The molecule has 0 aliphatic rings. The number of amides is 2. The van der Waals surface area contributed by atoms with E-state index in [0.29, 0.717) is 17.7 Å². The molecule has 0 bridgehead atoms. The van der Waals surface area contributed by atoms with E-state index >= 15 is 0 Å². The van der Waals surface area contributed by atoms with Crippen LogP contribution in [0.3, 0.4) is 0 Å². The molecule has 1 atom stereocenters. The molecule has 2 amide bonds. The third-order valence-corrected chi connectivity index (χ3v) is 7.19. The molecule has 0 saturated carbocycles. The van der Waals surface area contributed by atoms with Gasteiger partial charge in [-0.3, -0.25) is 9.59 Å². The standard InChI is InChI=1S/C32H43F3N2O4/c1-3-5-6-7-8-9-10-11-12-13-21-36-29(38)25-19-17-24(18-20-25)23-37(30(39)31(40)41)28(4-2)26-15-14-16-27(22-26)32(33,34)35/h14-20,22,28H,3-13,21,23H2,1-2H3,(H,36,38)(H,40,41). The maximum atomic E-state index is 13.3. The third-order valence-electron chi connectivity index (χ3n) is 7.19. The molecular formula is C32H43F3N2O4. The van der Waals surface area contributed by atoms with Gasteiger partial charge in [0.15, 0.2) is 0 Å². The molecule has 0 spiro atoms. The Kier molecular flexibility index (Phi) is 14.4. The highest BCUT2D eigenvalue weighted by molar-refractivity contribution is 6.31. The van der Waals surface area contributed by atoms with Gasteiger partial charge in [0.1, 0.15) is 0 Å². The molecule has 6 nitrogen and oxygen atoms in total. The second-order valence-corrected chi connectivity index (χ2v) is 10.4. The summed E-state index contributed by atoms with van der Waals surface area (Å²) in [5, 5.41) is 12.3.